The van der Waals surface area contributed by atoms with Gasteiger partial charge in [-0.3, -0.25) is 4.79 Å². The maximum absolute atomic E-state index is 10.3. The Morgan fingerprint density at radius 2 is 2.27 bits per heavy atom. The van der Waals surface area contributed by atoms with Crippen molar-refractivity contribution >= 4 is 12.4 Å². The quantitative estimate of drug-likeness (QED) is 0.410. The molecule has 1 amide bonds. The number of rotatable bonds is 1. The van der Waals surface area contributed by atoms with Crippen LogP contribution in [0.15, 0.2) is 12.7 Å². The van der Waals surface area contributed by atoms with Crippen molar-refractivity contribution in [3.63, 3.8) is 0 Å². The first kappa shape index (κ1) is 9.68. The molecule has 1 saturated heterocycles. The van der Waals surface area contributed by atoms with E-state index in [9.17, 15) is 4.79 Å². The van der Waals surface area contributed by atoms with Gasteiger partial charge in [0.05, 0.1) is 6.54 Å². The van der Waals surface area contributed by atoms with E-state index in [1.807, 2.05) is 0 Å². The van der Waals surface area contributed by atoms with Gasteiger partial charge in [-0.2, -0.15) is 0 Å². The molecule has 0 aromatic heterocycles. The largest absolute Gasteiger partial charge is 0.448 e. The monoisotopic (exact) mass is 157 g/mol. The summed E-state index contributed by atoms with van der Waals surface area (Å²) in [5.74, 6) is 0. The van der Waals surface area contributed by atoms with E-state index in [1.54, 1.807) is 11.9 Å². The molecule has 0 aliphatic carbocycles. The van der Waals surface area contributed by atoms with Crippen molar-refractivity contribution in [3.8, 4) is 0 Å². The van der Waals surface area contributed by atoms with Gasteiger partial charge in [-0.1, -0.05) is 6.58 Å². The van der Waals surface area contributed by atoms with Crippen LogP contribution in [0.2, 0.25) is 0 Å². The number of carbonyl (C=O) groups is 2. The highest BCUT2D eigenvalue weighted by atomic mass is 16.6. The molecule has 1 aliphatic heterocycles. The van der Waals surface area contributed by atoms with Gasteiger partial charge in [-0.05, 0) is 6.08 Å². The Morgan fingerprint density at radius 3 is 2.36 bits per heavy atom. The normalized spacial score (nSPS) is 14.6. The molecule has 0 N–H and O–H groups in total. The zero-order valence-electron chi connectivity index (χ0n) is 6.45. The summed E-state index contributed by atoms with van der Waals surface area (Å²) in [6.45, 7) is 4.40. The number of hydrogen-bond donors (Lipinski definition) is 0. The van der Waals surface area contributed by atoms with Crippen molar-refractivity contribution in [2.45, 2.75) is 0 Å². The van der Waals surface area contributed by atoms with Crippen LogP contribution in [0.1, 0.15) is 0 Å². The third-order valence-electron chi connectivity index (χ3n) is 1.06. The lowest BCUT2D eigenvalue weighted by molar-refractivity contribution is -0.104. The molecule has 4 heteroatoms. The summed E-state index contributed by atoms with van der Waals surface area (Å²) in [4.78, 5) is 20.9. The lowest BCUT2D eigenvalue weighted by atomic mass is 10.7. The Kier molecular flexibility index (Phi) is 4.81. The summed E-state index contributed by atoms with van der Waals surface area (Å²) < 4.78 is 4.55. The molecule has 0 aromatic carbocycles. The van der Waals surface area contributed by atoms with Gasteiger partial charge in [0.1, 0.15) is 12.9 Å². The predicted molar refractivity (Wildman–Crippen MR) is 40.2 cm³/mol. The molecule has 4 nitrogen and oxygen atoms in total. The Bertz CT molecular complexity index is 150. The predicted octanol–water partition coefficient (Wildman–Crippen LogP) is 0.440. The lowest BCUT2D eigenvalue weighted by Crippen LogP contribution is -2.17. The van der Waals surface area contributed by atoms with Crippen LogP contribution in [0.3, 0.4) is 0 Å². The molecule has 0 spiro atoms. The first-order valence-corrected chi connectivity index (χ1v) is 3.16. The van der Waals surface area contributed by atoms with E-state index in [-0.39, 0.29) is 6.09 Å². The summed E-state index contributed by atoms with van der Waals surface area (Å²) in [5, 5.41) is 0. The zero-order chi connectivity index (χ0) is 8.69. The fraction of sp³-hybridized carbons (Fsp3) is 0.429. The molecule has 1 aliphatic rings. The Labute approximate surface area is 65.4 Å². The number of likely N-dealkylation sites (N-methyl/N-ethyl adjacent to an activating group) is 1. The number of nitrogens with zero attached hydrogens (tertiary/aromatic N) is 1. The second-order valence-corrected chi connectivity index (χ2v) is 1.91. The number of ether oxygens (including phenoxy) is 1. The van der Waals surface area contributed by atoms with E-state index in [4.69, 9.17) is 4.79 Å². The maximum Gasteiger partial charge on any atom is 0.409 e. The SMILES string of the molecule is C=CC=O.CN1CCOC1=O. The number of hydrogen-bond acceptors (Lipinski definition) is 3. The van der Waals surface area contributed by atoms with Gasteiger partial charge in [-0.25, -0.2) is 4.79 Å². The molecule has 0 radical (unpaired) electrons. The highest BCUT2D eigenvalue weighted by Gasteiger charge is 2.15. The first-order valence-electron chi connectivity index (χ1n) is 3.16. The van der Waals surface area contributed by atoms with Crippen LogP contribution >= 0.6 is 0 Å². The van der Waals surface area contributed by atoms with Crippen LogP contribution in [-0.4, -0.2) is 37.5 Å². The van der Waals surface area contributed by atoms with Crippen LogP contribution in [0.5, 0.6) is 0 Å². The van der Waals surface area contributed by atoms with Gasteiger partial charge in [0.2, 0.25) is 0 Å². The molecule has 0 bridgehead atoms. The minimum absolute atomic E-state index is 0.208. The van der Waals surface area contributed by atoms with E-state index in [0.717, 1.165) is 6.54 Å². The highest BCUT2D eigenvalue weighted by Crippen LogP contribution is 1.96. The first-order chi connectivity index (χ1) is 5.22. The van der Waals surface area contributed by atoms with Crippen molar-refractivity contribution in [1.82, 2.24) is 4.90 Å². The minimum atomic E-state index is -0.208. The number of allylic oxidation sites excluding steroid dienone is 1. The van der Waals surface area contributed by atoms with Gasteiger partial charge < -0.3 is 9.64 Å². The van der Waals surface area contributed by atoms with Gasteiger partial charge >= 0.3 is 6.09 Å². The van der Waals surface area contributed by atoms with E-state index < -0.39 is 0 Å². The zero-order valence-corrected chi connectivity index (χ0v) is 6.45. The molecular weight excluding hydrogens is 146 g/mol. The van der Waals surface area contributed by atoms with Crippen molar-refractivity contribution in [1.29, 1.82) is 0 Å². The molecule has 1 rings (SSSR count). The summed E-state index contributed by atoms with van der Waals surface area (Å²) in [6.07, 6.45) is 1.62. The van der Waals surface area contributed by atoms with E-state index in [0.29, 0.717) is 12.9 Å². The van der Waals surface area contributed by atoms with Crippen LogP contribution in [0, 0.1) is 0 Å². The molecule has 1 fully saturated rings. The average Bonchev–Trinajstić information content (AvgIpc) is 2.37. The highest BCUT2D eigenvalue weighted by molar-refractivity contribution is 5.68. The van der Waals surface area contributed by atoms with Crippen LogP contribution in [0.25, 0.3) is 0 Å². The van der Waals surface area contributed by atoms with Gasteiger partial charge in [0.25, 0.3) is 0 Å². The molecule has 0 atom stereocenters. The topological polar surface area (TPSA) is 46.6 Å². The van der Waals surface area contributed by atoms with Crippen LogP contribution in [0.4, 0.5) is 4.79 Å². The summed E-state index contributed by atoms with van der Waals surface area (Å²) in [5.41, 5.74) is 0. The van der Waals surface area contributed by atoms with Crippen molar-refractivity contribution in [2.24, 2.45) is 0 Å². The number of cyclic esters (lactones) is 1. The van der Waals surface area contributed by atoms with Gasteiger partial charge in [0, 0.05) is 7.05 Å². The maximum atomic E-state index is 10.3. The van der Waals surface area contributed by atoms with E-state index in [1.165, 1.54) is 6.08 Å². The average molecular weight is 157 g/mol. The Hall–Kier alpha value is -1.32. The van der Waals surface area contributed by atoms with E-state index >= 15 is 0 Å². The number of carbonyl (C=O) groups excluding carboxylic acids is 2. The minimum Gasteiger partial charge on any atom is -0.448 e. The third-order valence-corrected chi connectivity index (χ3v) is 1.06. The fourth-order valence-electron chi connectivity index (χ4n) is 0.471. The number of aldehydes is 1. The van der Waals surface area contributed by atoms with Crippen LogP contribution in [-0.2, 0) is 9.53 Å². The molecule has 0 saturated carbocycles. The fourth-order valence-corrected chi connectivity index (χ4v) is 0.471. The molecule has 1 heterocycles. The van der Waals surface area contributed by atoms with Crippen LogP contribution < -0.4 is 0 Å². The van der Waals surface area contributed by atoms with Crippen molar-refractivity contribution in [2.75, 3.05) is 20.2 Å². The van der Waals surface area contributed by atoms with E-state index in [2.05, 4.69) is 11.3 Å². The molecule has 62 valence electrons. The Morgan fingerprint density at radius 1 is 1.73 bits per heavy atom. The molecule has 11 heavy (non-hydrogen) atoms. The van der Waals surface area contributed by atoms with Gasteiger partial charge in [0.15, 0.2) is 0 Å². The summed E-state index contributed by atoms with van der Waals surface area (Å²) in [6, 6.07) is 0. The second-order valence-electron chi connectivity index (χ2n) is 1.91. The van der Waals surface area contributed by atoms with Crippen molar-refractivity contribution < 1.29 is 14.3 Å². The third kappa shape index (κ3) is 4.13. The van der Waals surface area contributed by atoms with Gasteiger partial charge in [-0.15, -0.1) is 0 Å². The summed E-state index contributed by atoms with van der Waals surface area (Å²) >= 11 is 0. The molecule has 0 unspecified atom stereocenters. The van der Waals surface area contributed by atoms with Crippen molar-refractivity contribution in [3.05, 3.63) is 12.7 Å². The second kappa shape index (κ2) is 5.46. The smallest absolute Gasteiger partial charge is 0.409 e. The number of amides is 1. The molecular formula is C7H11NO3. The standard InChI is InChI=1S/C4H7NO2.C3H4O/c1-5-2-3-7-4(5)6;1-2-3-4/h2-3H2,1H3;2-3H,1H2. The lowest BCUT2D eigenvalue weighted by Gasteiger charge is -1.98. The summed E-state index contributed by atoms with van der Waals surface area (Å²) in [7, 11) is 1.72. The molecule has 0 aromatic rings. The Balaban J connectivity index is 0.000000218.